The molecule has 0 atom stereocenters. The Morgan fingerprint density at radius 1 is 0.800 bits per heavy atom. The van der Waals surface area contributed by atoms with Gasteiger partial charge in [0.1, 0.15) is 0 Å². The zero-order valence-electron chi connectivity index (χ0n) is 19.3. The van der Waals surface area contributed by atoms with Crippen molar-refractivity contribution in [3.05, 3.63) is 114 Å². The normalized spacial score (nSPS) is 11.7. The molecule has 2 N–H and O–H groups in total. The molecule has 35 heavy (non-hydrogen) atoms. The van der Waals surface area contributed by atoms with Gasteiger partial charge in [0.2, 0.25) is 5.95 Å². The fourth-order valence-electron chi connectivity index (χ4n) is 3.48. The number of benzene rings is 3. The van der Waals surface area contributed by atoms with E-state index in [4.69, 9.17) is 0 Å². The highest BCUT2D eigenvalue weighted by Crippen LogP contribution is 2.22. The fourth-order valence-corrected chi connectivity index (χ4v) is 4.42. The van der Waals surface area contributed by atoms with E-state index in [1.165, 1.54) is 12.1 Å². The molecule has 0 fully saturated rings. The molecular formula is C27H24N4O3S. The van der Waals surface area contributed by atoms with Crippen molar-refractivity contribution in [2.75, 3.05) is 10.0 Å². The number of hydrogen-bond acceptors (Lipinski definition) is 5. The predicted octanol–water partition coefficient (Wildman–Crippen LogP) is 5.07. The molecule has 0 aliphatic carbocycles. The standard InChI is InChI=1S/C27H24N4O3S/c1-19-17-20(2)29-27(28-19)31-35(33,34)24-15-13-23(14-16-24)30-26(32)25(22-11-7-4-8-12-22)18-21-9-5-3-6-10-21/h3-18H,1-2H3,(H,30,32)(H,28,29,31)/b25-18+. The number of nitrogens with one attached hydrogen (secondary N) is 2. The van der Waals surface area contributed by atoms with Gasteiger partial charge in [-0.2, -0.15) is 0 Å². The number of anilines is 2. The van der Waals surface area contributed by atoms with Gasteiger partial charge in [0.05, 0.1) is 4.90 Å². The summed E-state index contributed by atoms with van der Waals surface area (Å²) < 4.78 is 27.9. The number of carbonyl (C=O) groups is 1. The van der Waals surface area contributed by atoms with Crippen LogP contribution in [0.15, 0.2) is 95.9 Å². The van der Waals surface area contributed by atoms with E-state index in [0.717, 1.165) is 11.1 Å². The lowest BCUT2D eigenvalue weighted by atomic mass is 10.0. The minimum absolute atomic E-state index is 0.0124. The van der Waals surface area contributed by atoms with Crippen LogP contribution in [0.25, 0.3) is 11.6 Å². The van der Waals surface area contributed by atoms with E-state index in [1.807, 2.05) is 66.7 Å². The lowest BCUT2D eigenvalue weighted by Crippen LogP contribution is -2.16. The van der Waals surface area contributed by atoms with Crippen LogP contribution in [-0.4, -0.2) is 24.3 Å². The van der Waals surface area contributed by atoms with E-state index in [2.05, 4.69) is 20.0 Å². The van der Waals surface area contributed by atoms with Crippen molar-refractivity contribution < 1.29 is 13.2 Å². The highest BCUT2D eigenvalue weighted by Gasteiger charge is 2.17. The van der Waals surface area contributed by atoms with Crippen molar-refractivity contribution >= 4 is 39.2 Å². The van der Waals surface area contributed by atoms with Crippen LogP contribution in [0.5, 0.6) is 0 Å². The van der Waals surface area contributed by atoms with E-state index < -0.39 is 10.0 Å². The minimum atomic E-state index is -3.89. The third-order valence-electron chi connectivity index (χ3n) is 5.07. The molecule has 3 aromatic carbocycles. The van der Waals surface area contributed by atoms with Gasteiger partial charge in [-0.05, 0) is 61.4 Å². The predicted molar refractivity (Wildman–Crippen MR) is 138 cm³/mol. The quantitative estimate of drug-likeness (QED) is 0.282. The van der Waals surface area contributed by atoms with Gasteiger partial charge in [0.15, 0.2) is 0 Å². The molecule has 1 amide bonds. The van der Waals surface area contributed by atoms with Gasteiger partial charge in [-0.25, -0.2) is 23.1 Å². The smallest absolute Gasteiger partial charge is 0.264 e. The zero-order chi connectivity index (χ0) is 24.8. The maximum Gasteiger partial charge on any atom is 0.264 e. The second-order valence-electron chi connectivity index (χ2n) is 7.89. The van der Waals surface area contributed by atoms with E-state index in [1.54, 1.807) is 32.0 Å². The molecule has 0 spiro atoms. The summed E-state index contributed by atoms with van der Waals surface area (Å²) in [5, 5.41) is 2.86. The van der Waals surface area contributed by atoms with E-state index in [0.29, 0.717) is 22.6 Å². The summed E-state index contributed by atoms with van der Waals surface area (Å²) in [6.07, 6.45) is 1.82. The largest absolute Gasteiger partial charge is 0.322 e. The average molecular weight is 485 g/mol. The summed E-state index contributed by atoms with van der Waals surface area (Å²) in [5.41, 5.74) is 3.93. The first-order valence-electron chi connectivity index (χ1n) is 10.9. The zero-order valence-corrected chi connectivity index (χ0v) is 20.1. The second-order valence-corrected chi connectivity index (χ2v) is 9.58. The molecule has 4 rings (SSSR count). The van der Waals surface area contributed by atoms with Crippen LogP contribution >= 0.6 is 0 Å². The summed E-state index contributed by atoms with van der Waals surface area (Å²) in [7, 11) is -3.89. The second kappa shape index (κ2) is 10.3. The number of rotatable bonds is 7. The topological polar surface area (TPSA) is 101 Å². The Morgan fingerprint density at radius 3 is 1.97 bits per heavy atom. The molecule has 0 aliphatic heterocycles. The van der Waals surface area contributed by atoms with Crippen LogP contribution in [0.2, 0.25) is 0 Å². The summed E-state index contributed by atoms with van der Waals surface area (Å²) >= 11 is 0. The van der Waals surface area contributed by atoms with Gasteiger partial charge < -0.3 is 5.32 Å². The Labute approximate surface area is 204 Å². The summed E-state index contributed by atoms with van der Waals surface area (Å²) in [6.45, 7) is 3.53. The molecule has 8 heteroatoms. The van der Waals surface area contributed by atoms with Gasteiger partial charge in [-0.15, -0.1) is 0 Å². The summed E-state index contributed by atoms with van der Waals surface area (Å²) in [5.74, 6) is -0.296. The molecule has 0 aliphatic rings. The number of nitrogens with zero attached hydrogens (tertiary/aromatic N) is 2. The molecule has 1 aromatic heterocycles. The van der Waals surface area contributed by atoms with Crippen molar-refractivity contribution in [2.24, 2.45) is 0 Å². The number of amides is 1. The molecule has 0 saturated heterocycles. The molecule has 0 bridgehead atoms. The molecule has 0 radical (unpaired) electrons. The van der Waals surface area contributed by atoms with Gasteiger partial charge in [0, 0.05) is 22.6 Å². The van der Waals surface area contributed by atoms with Crippen LogP contribution in [0.1, 0.15) is 22.5 Å². The first-order chi connectivity index (χ1) is 16.8. The summed E-state index contributed by atoms with van der Waals surface area (Å²) in [6, 6.07) is 26.6. The maximum absolute atomic E-state index is 13.2. The number of carbonyl (C=O) groups excluding carboxylic acids is 1. The molecule has 176 valence electrons. The lowest BCUT2D eigenvalue weighted by molar-refractivity contribution is -0.111. The van der Waals surface area contributed by atoms with Crippen LogP contribution in [0, 0.1) is 13.8 Å². The Kier molecular flexibility index (Phi) is 7.03. The maximum atomic E-state index is 13.2. The minimum Gasteiger partial charge on any atom is -0.322 e. The first kappa shape index (κ1) is 23.8. The summed E-state index contributed by atoms with van der Waals surface area (Å²) in [4.78, 5) is 21.4. The van der Waals surface area contributed by atoms with Crippen molar-refractivity contribution in [2.45, 2.75) is 18.7 Å². The Hall–Kier alpha value is -4.30. The van der Waals surface area contributed by atoms with Crippen LogP contribution in [0.3, 0.4) is 0 Å². The molecular weight excluding hydrogens is 460 g/mol. The van der Waals surface area contributed by atoms with Crippen molar-refractivity contribution in [1.29, 1.82) is 0 Å². The first-order valence-corrected chi connectivity index (χ1v) is 12.4. The molecule has 4 aromatic rings. The Morgan fingerprint density at radius 2 is 1.37 bits per heavy atom. The highest BCUT2D eigenvalue weighted by molar-refractivity contribution is 7.92. The Bertz CT molecular complexity index is 1450. The van der Waals surface area contributed by atoms with Gasteiger partial charge in [0.25, 0.3) is 15.9 Å². The molecule has 0 saturated carbocycles. The number of hydrogen-bond donors (Lipinski definition) is 2. The van der Waals surface area contributed by atoms with E-state index in [-0.39, 0.29) is 16.8 Å². The van der Waals surface area contributed by atoms with Crippen molar-refractivity contribution in [1.82, 2.24) is 9.97 Å². The van der Waals surface area contributed by atoms with Crippen LogP contribution in [-0.2, 0) is 14.8 Å². The monoisotopic (exact) mass is 484 g/mol. The van der Waals surface area contributed by atoms with Gasteiger partial charge in [-0.3, -0.25) is 4.79 Å². The average Bonchev–Trinajstić information content (AvgIpc) is 2.83. The lowest BCUT2D eigenvalue weighted by Gasteiger charge is -2.11. The number of sulfonamides is 1. The molecule has 0 unspecified atom stereocenters. The van der Waals surface area contributed by atoms with Crippen LogP contribution in [0.4, 0.5) is 11.6 Å². The van der Waals surface area contributed by atoms with Gasteiger partial charge >= 0.3 is 0 Å². The van der Waals surface area contributed by atoms with E-state index in [9.17, 15) is 13.2 Å². The molecule has 1 heterocycles. The fraction of sp³-hybridized carbons (Fsp3) is 0.0741. The number of aryl methyl sites for hydroxylation is 2. The molecule has 7 nitrogen and oxygen atoms in total. The SMILES string of the molecule is Cc1cc(C)nc(NS(=O)(=O)c2ccc(NC(=O)/C(=C/c3ccccc3)c3ccccc3)cc2)n1. The van der Waals surface area contributed by atoms with Crippen LogP contribution < -0.4 is 10.0 Å². The third-order valence-corrected chi connectivity index (χ3v) is 6.41. The Balaban J connectivity index is 1.55. The van der Waals surface area contributed by atoms with E-state index >= 15 is 0 Å². The van der Waals surface area contributed by atoms with Crippen molar-refractivity contribution in [3.63, 3.8) is 0 Å². The van der Waals surface area contributed by atoms with Gasteiger partial charge in [-0.1, -0.05) is 60.7 Å². The third kappa shape index (κ3) is 6.18. The number of aromatic nitrogens is 2. The van der Waals surface area contributed by atoms with Crippen molar-refractivity contribution in [3.8, 4) is 0 Å². The highest BCUT2D eigenvalue weighted by atomic mass is 32.2.